The highest BCUT2D eigenvalue weighted by Crippen LogP contribution is 2.49. The number of hydrogen-bond donors (Lipinski definition) is 1. The normalized spacial score (nSPS) is 28.5. The van der Waals surface area contributed by atoms with Crippen molar-refractivity contribution in [2.45, 2.75) is 59.0 Å². The zero-order valence-corrected chi connectivity index (χ0v) is 18.8. The van der Waals surface area contributed by atoms with Crippen LogP contribution in [0.4, 0.5) is 0 Å². The summed E-state index contributed by atoms with van der Waals surface area (Å²) < 4.78 is 1.93. The second kappa shape index (κ2) is 8.03. The molecule has 1 aliphatic carbocycles. The molecule has 6 nitrogen and oxygen atoms in total. The van der Waals surface area contributed by atoms with Crippen LogP contribution in [-0.2, 0) is 13.0 Å². The number of piperidine rings is 1. The van der Waals surface area contributed by atoms with Gasteiger partial charge < -0.3 is 4.98 Å². The molecule has 0 spiro atoms. The van der Waals surface area contributed by atoms with E-state index in [2.05, 4.69) is 58.4 Å². The number of hydrogen-bond acceptors (Lipinski definition) is 3. The molecule has 2 aromatic heterocycles. The number of rotatable bonds is 4. The first kappa shape index (κ1) is 20.1. The van der Waals surface area contributed by atoms with E-state index in [1.165, 1.54) is 35.0 Å². The van der Waals surface area contributed by atoms with E-state index in [1.54, 1.807) is 0 Å². The van der Waals surface area contributed by atoms with Crippen molar-refractivity contribution in [3.05, 3.63) is 58.9 Å². The first-order valence-electron chi connectivity index (χ1n) is 11.7. The van der Waals surface area contributed by atoms with Crippen molar-refractivity contribution >= 4 is 10.9 Å². The van der Waals surface area contributed by atoms with Gasteiger partial charge in [-0.25, -0.2) is 0 Å². The lowest BCUT2D eigenvalue weighted by Gasteiger charge is -2.46. The van der Waals surface area contributed by atoms with Crippen molar-refractivity contribution in [2.75, 3.05) is 6.54 Å². The first-order valence-corrected chi connectivity index (χ1v) is 11.7. The lowest BCUT2D eigenvalue weighted by Crippen LogP contribution is -2.45. The molecule has 1 saturated heterocycles. The molecule has 0 unspecified atom stereocenters. The van der Waals surface area contributed by atoms with Crippen LogP contribution in [0.25, 0.3) is 15.9 Å². The number of fused-ring (bicyclic) bond motifs is 2. The molecule has 2 aliphatic rings. The topological polar surface area (TPSA) is 54.1 Å². The van der Waals surface area contributed by atoms with Gasteiger partial charge >= 0.3 is 0 Å². The van der Waals surface area contributed by atoms with Crippen LogP contribution in [0.1, 0.15) is 56.1 Å². The Balaban J connectivity index is 1.51. The van der Waals surface area contributed by atoms with Gasteiger partial charge in [-0.05, 0) is 61.5 Å². The van der Waals surface area contributed by atoms with Crippen LogP contribution in [0, 0.1) is 37.2 Å². The van der Waals surface area contributed by atoms with Crippen LogP contribution in [-0.4, -0.2) is 31.5 Å². The molecule has 6 heteroatoms. The molecule has 31 heavy (non-hydrogen) atoms. The van der Waals surface area contributed by atoms with Gasteiger partial charge in [0.1, 0.15) is 6.04 Å². The largest absolute Gasteiger partial charge is 0.356 e. The van der Waals surface area contributed by atoms with E-state index in [1.807, 2.05) is 22.8 Å². The van der Waals surface area contributed by atoms with Gasteiger partial charge in [0.2, 0.25) is 0 Å². The summed E-state index contributed by atoms with van der Waals surface area (Å²) in [5.41, 5.74) is 4.67. The van der Waals surface area contributed by atoms with Crippen LogP contribution in [0.15, 0.2) is 30.5 Å². The highest BCUT2D eigenvalue weighted by atomic mass is 15.5. The molecular formula is C25H32N6. The summed E-state index contributed by atoms with van der Waals surface area (Å²) in [6.07, 6.45) is 6.51. The lowest BCUT2D eigenvalue weighted by molar-refractivity contribution is 0.0121. The number of H-pyrrole nitrogens is 1. The summed E-state index contributed by atoms with van der Waals surface area (Å²) in [6, 6.07) is 8.68. The smallest absolute Gasteiger partial charge is 0.137 e. The van der Waals surface area contributed by atoms with Gasteiger partial charge in [0.05, 0.1) is 12.2 Å². The van der Waals surface area contributed by atoms with Crippen molar-refractivity contribution in [1.29, 1.82) is 0 Å². The maximum absolute atomic E-state index is 7.93. The number of benzene rings is 1. The van der Waals surface area contributed by atoms with E-state index in [4.69, 9.17) is 6.57 Å². The fourth-order valence-corrected chi connectivity index (χ4v) is 6.07. The quantitative estimate of drug-likeness (QED) is 0.596. The molecule has 162 valence electrons. The third-order valence-electron chi connectivity index (χ3n) is 8.00. The Morgan fingerprint density at radius 2 is 2.06 bits per heavy atom. The molecule has 1 aliphatic heterocycles. The Morgan fingerprint density at radius 1 is 1.23 bits per heavy atom. The summed E-state index contributed by atoms with van der Waals surface area (Å²) in [6.45, 7) is 16.4. The molecular weight excluding hydrogens is 384 g/mol. The third-order valence-corrected chi connectivity index (χ3v) is 8.00. The van der Waals surface area contributed by atoms with Gasteiger partial charge in [-0.3, -0.25) is 4.68 Å². The van der Waals surface area contributed by atoms with Crippen LogP contribution < -0.4 is 0 Å². The van der Waals surface area contributed by atoms with Crippen LogP contribution in [0.5, 0.6) is 0 Å². The van der Waals surface area contributed by atoms with E-state index in [9.17, 15) is 0 Å². The van der Waals surface area contributed by atoms with Crippen molar-refractivity contribution in [1.82, 2.24) is 25.0 Å². The zero-order chi connectivity index (χ0) is 21.5. The van der Waals surface area contributed by atoms with Gasteiger partial charge in [-0.1, -0.05) is 43.7 Å². The van der Waals surface area contributed by atoms with Crippen LogP contribution in [0.2, 0.25) is 0 Å². The lowest BCUT2D eigenvalue weighted by atomic mass is 9.64. The maximum atomic E-state index is 7.93. The second-order valence-electron chi connectivity index (χ2n) is 9.75. The van der Waals surface area contributed by atoms with Crippen molar-refractivity contribution < 1.29 is 0 Å². The standard InChI is InChI=1S/C25H32N6/c1-16-9-10-19-15-31(26-4)24(13-22(19)18(16)3)25-21(11-12-30-14-17(2)28-29-30)20-7-5-6-8-23(20)27-25/h5-8,14,16,18-19,22,24,27H,9-13,15H2,1-3H3/t16-,18-,19-,22+,24-/m0/s1. The number of nitrogens with one attached hydrogen (secondary N) is 1. The molecule has 3 heterocycles. The monoisotopic (exact) mass is 416 g/mol. The molecule has 0 radical (unpaired) electrons. The van der Waals surface area contributed by atoms with Crippen LogP contribution in [0.3, 0.4) is 0 Å². The van der Waals surface area contributed by atoms with Gasteiger partial charge in [0, 0.05) is 29.3 Å². The Bertz CT molecular complexity index is 1100. The SMILES string of the molecule is [C-]#[N+]N1C[C@@H]2CC[C@H](C)[C@H](C)[C@H]2C[C@H]1c1[nH]c2ccccc2c1CCn1cc(C)nn1. The average molecular weight is 417 g/mol. The fourth-order valence-electron chi connectivity index (χ4n) is 6.07. The molecule has 0 bridgehead atoms. The predicted octanol–water partition coefficient (Wildman–Crippen LogP) is 5.19. The van der Waals surface area contributed by atoms with Gasteiger partial charge in [-0.15, -0.1) is 10.1 Å². The van der Waals surface area contributed by atoms with Gasteiger partial charge in [0.15, 0.2) is 0 Å². The van der Waals surface area contributed by atoms with Crippen LogP contribution >= 0.6 is 0 Å². The number of nitrogens with zero attached hydrogens (tertiary/aromatic N) is 5. The highest BCUT2D eigenvalue weighted by Gasteiger charge is 2.45. The minimum atomic E-state index is 0.131. The Kier molecular flexibility index (Phi) is 5.21. The second-order valence-corrected chi connectivity index (χ2v) is 9.75. The van der Waals surface area contributed by atoms with E-state index in [-0.39, 0.29) is 6.04 Å². The Labute approximate surface area is 184 Å². The summed E-state index contributed by atoms with van der Waals surface area (Å²) in [5, 5.41) is 11.7. The average Bonchev–Trinajstić information content (AvgIpc) is 3.37. The third kappa shape index (κ3) is 3.60. The molecule has 5 atom stereocenters. The van der Waals surface area contributed by atoms with E-state index in [0.717, 1.165) is 43.5 Å². The molecule has 5 rings (SSSR count). The molecule has 2 fully saturated rings. The molecule has 1 saturated carbocycles. The van der Waals surface area contributed by atoms with Crippen molar-refractivity contribution in [3.8, 4) is 0 Å². The maximum Gasteiger partial charge on any atom is 0.137 e. The van der Waals surface area contributed by atoms with E-state index < -0.39 is 0 Å². The number of aromatic nitrogens is 4. The first-order chi connectivity index (χ1) is 15.0. The Morgan fingerprint density at radius 3 is 2.84 bits per heavy atom. The van der Waals surface area contributed by atoms with Crippen molar-refractivity contribution in [3.63, 3.8) is 0 Å². The minimum Gasteiger partial charge on any atom is -0.356 e. The van der Waals surface area contributed by atoms with E-state index in [0.29, 0.717) is 11.8 Å². The number of para-hydroxylation sites is 1. The number of aromatic amines is 1. The van der Waals surface area contributed by atoms with Crippen molar-refractivity contribution in [2.24, 2.45) is 23.7 Å². The predicted molar refractivity (Wildman–Crippen MR) is 122 cm³/mol. The van der Waals surface area contributed by atoms with Gasteiger partial charge in [0.25, 0.3) is 0 Å². The number of aryl methyl sites for hydroxylation is 3. The van der Waals surface area contributed by atoms with Gasteiger partial charge in [-0.2, -0.15) is 11.5 Å². The molecule has 1 aromatic carbocycles. The minimum absolute atomic E-state index is 0.131. The zero-order valence-electron chi connectivity index (χ0n) is 18.8. The molecule has 3 aromatic rings. The fraction of sp³-hybridized carbons (Fsp3) is 0.560. The highest BCUT2D eigenvalue weighted by molar-refractivity contribution is 5.84. The summed E-state index contributed by atoms with van der Waals surface area (Å²) in [4.78, 5) is 7.74. The van der Waals surface area contributed by atoms with E-state index >= 15 is 0 Å². The summed E-state index contributed by atoms with van der Waals surface area (Å²) in [5.74, 6) is 2.85. The molecule has 0 amide bonds. The summed E-state index contributed by atoms with van der Waals surface area (Å²) >= 11 is 0. The molecule has 1 N–H and O–H groups in total. The Hall–Kier alpha value is -2.81. The summed E-state index contributed by atoms with van der Waals surface area (Å²) in [7, 11) is 0.